The Balaban J connectivity index is 0.00000600. The van der Waals surface area contributed by atoms with Crippen LogP contribution >= 0.6 is 0 Å². The Kier molecular flexibility index (Phi) is 15.9. The number of fused-ring (bicyclic) bond motifs is 1. The number of ether oxygens (including phenoxy) is 1. The molecule has 4 rings (SSSR count). The Morgan fingerprint density at radius 3 is 2.21 bits per heavy atom. The van der Waals surface area contributed by atoms with Crippen molar-refractivity contribution in [1.29, 1.82) is 0 Å². The lowest BCUT2D eigenvalue weighted by Crippen LogP contribution is -3.00. The third kappa shape index (κ3) is 12.1. The summed E-state index contributed by atoms with van der Waals surface area (Å²) < 4.78 is 6.35. The largest absolute Gasteiger partial charge is 1.00 e. The van der Waals surface area contributed by atoms with Gasteiger partial charge >= 0.3 is 0 Å². The number of amides is 1. The molecule has 2 heterocycles. The van der Waals surface area contributed by atoms with E-state index in [1.165, 1.54) is 76.2 Å². The summed E-state index contributed by atoms with van der Waals surface area (Å²) in [7, 11) is 0. The average Bonchev–Trinajstić information content (AvgIpc) is 3.44. The molecule has 2 aliphatic heterocycles. The molecule has 2 aromatic rings. The Morgan fingerprint density at radius 1 is 0.872 bits per heavy atom. The first-order chi connectivity index (χ1) is 22.3. The van der Waals surface area contributed by atoms with E-state index in [0.717, 1.165) is 47.1 Å². The van der Waals surface area contributed by atoms with Crippen molar-refractivity contribution >= 4 is 17.4 Å². The highest BCUT2D eigenvalue weighted by molar-refractivity contribution is 5.92. The normalized spacial score (nSPS) is 13.4. The van der Waals surface area contributed by atoms with Crippen molar-refractivity contribution in [2.24, 2.45) is 4.99 Å². The quantitative estimate of drug-likeness (QED) is 0.112. The monoisotopic (exact) mass is 701 g/mol. The molecule has 0 N–H and O–H groups in total. The lowest BCUT2D eigenvalue weighted by Gasteiger charge is -2.26. The average molecular weight is 703 g/mol. The van der Waals surface area contributed by atoms with Gasteiger partial charge in [0.25, 0.3) is 0 Å². The van der Waals surface area contributed by atoms with Crippen LogP contribution in [0.4, 0.5) is 5.69 Å². The molecule has 0 saturated heterocycles. The number of aliphatic imine (C=N–C) groups is 1. The SMILES string of the molecule is CCCCCCCCCCCCCCOc1ccc(CN(C(C)=O)c2cccc(CC3=N[C+]=C4C=CC=CN43)c2)cc1C(C)(C)C.[Br-]. The predicted octanol–water partition coefficient (Wildman–Crippen LogP) is 7.61. The van der Waals surface area contributed by atoms with Gasteiger partial charge in [-0.1, -0.05) is 122 Å². The van der Waals surface area contributed by atoms with Crippen LogP contribution in [0.1, 0.15) is 128 Å². The number of carbonyl (C=O) groups excluding carboxylic acids is 1. The van der Waals surface area contributed by atoms with Gasteiger partial charge < -0.3 is 26.6 Å². The maximum absolute atomic E-state index is 12.9. The standard InChI is InChI=1S/C41H56N3O2.BrH/c1-6-7-8-9-10-11-12-13-14-15-16-19-27-46-39-25-24-35(29-38(39)41(3,4)5)32-44(33(2)45)36-23-20-21-34(28-36)30-40-42-31-37-22-17-18-26-43(37)40;/h17-18,20-26,28-29H,6-16,19,27,30,32H2,1-5H3;1H/q+1;/p-1. The number of amidine groups is 1. The first-order valence-electron chi connectivity index (χ1n) is 17.7. The Morgan fingerprint density at radius 2 is 1.55 bits per heavy atom. The molecule has 2 aromatic carbocycles. The number of benzene rings is 2. The van der Waals surface area contributed by atoms with Crippen LogP contribution in [-0.2, 0) is 23.2 Å². The number of unbranched alkanes of at least 4 members (excludes halogenated alkanes) is 11. The van der Waals surface area contributed by atoms with Crippen LogP contribution in [0.2, 0.25) is 0 Å². The van der Waals surface area contributed by atoms with Gasteiger partial charge in [-0.25, -0.2) is 4.90 Å². The number of rotatable bonds is 19. The van der Waals surface area contributed by atoms with Crippen molar-refractivity contribution < 1.29 is 26.5 Å². The van der Waals surface area contributed by atoms with Gasteiger partial charge in [-0.15, -0.1) is 0 Å². The summed E-state index contributed by atoms with van der Waals surface area (Å²) in [5, 5.41) is 0. The van der Waals surface area contributed by atoms with Crippen molar-refractivity contribution in [1.82, 2.24) is 4.90 Å². The van der Waals surface area contributed by atoms with Crippen LogP contribution < -0.4 is 26.6 Å². The minimum Gasteiger partial charge on any atom is -1.00 e. The highest BCUT2D eigenvalue weighted by Crippen LogP contribution is 2.33. The second-order valence-corrected chi connectivity index (χ2v) is 13.9. The summed E-state index contributed by atoms with van der Waals surface area (Å²) in [6.07, 6.45) is 27.8. The number of hydrogen-bond acceptors (Lipinski definition) is 4. The number of carbonyl (C=O) groups is 1. The van der Waals surface area contributed by atoms with Gasteiger partial charge in [0.1, 0.15) is 5.75 Å². The van der Waals surface area contributed by atoms with E-state index in [1.54, 1.807) is 6.92 Å². The molecule has 0 aliphatic carbocycles. The second-order valence-electron chi connectivity index (χ2n) is 13.9. The van der Waals surface area contributed by atoms with Crippen LogP contribution in [0.3, 0.4) is 0 Å². The van der Waals surface area contributed by atoms with E-state index in [1.807, 2.05) is 41.5 Å². The van der Waals surface area contributed by atoms with Crippen LogP contribution in [0.25, 0.3) is 0 Å². The van der Waals surface area contributed by atoms with Gasteiger partial charge in [0.05, 0.1) is 25.6 Å². The summed E-state index contributed by atoms with van der Waals surface area (Å²) >= 11 is 0. The third-order valence-electron chi connectivity index (χ3n) is 8.85. The smallest absolute Gasteiger partial charge is 0.247 e. The van der Waals surface area contributed by atoms with Crippen LogP contribution in [-0.4, -0.2) is 23.2 Å². The lowest BCUT2D eigenvalue weighted by molar-refractivity contribution is -0.116. The fraction of sp³-hybridized carbons (Fsp3) is 0.512. The third-order valence-corrected chi connectivity index (χ3v) is 8.85. The molecule has 2 aliphatic rings. The van der Waals surface area contributed by atoms with Gasteiger partial charge in [0, 0.05) is 18.8 Å². The van der Waals surface area contributed by atoms with Gasteiger partial charge in [-0.3, -0.25) is 4.79 Å². The fourth-order valence-corrected chi connectivity index (χ4v) is 6.16. The van der Waals surface area contributed by atoms with E-state index in [9.17, 15) is 4.79 Å². The summed E-state index contributed by atoms with van der Waals surface area (Å²) in [5.41, 5.74) is 5.15. The van der Waals surface area contributed by atoms with E-state index in [4.69, 9.17) is 4.74 Å². The zero-order valence-electron chi connectivity index (χ0n) is 29.5. The van der Waals surface area contributed by atoms with Crippen LogP contribution in [0.5, 0.6) is 5.75 Å². The molecule has 0 fully saturated rings. The fourth-order valence-electron chi connectivity index (χ4n) is 6.16. The van der Waals surface area contributed by atoms with Gasteiger partial charge in [0.2, 0.25) is 17.4 Å². The molecule has 0 atom stereocenters. The highest BCUT2D eigenvalue weighted by atomic mass is 79.9. The number of anilines is 1. The highest BCUT2D eigenvalue weighted by Gasteiger charge is 2.29. The summed E-state index contributed by atoms with van der Waals surface area (Å²) in [5.74, 6) is 1.90. The zero-order valence-corrected chi connectivity index (χ0v) is 31.1. The minimum absolute atomic E-state index is 0. The zero-order chi connectivity index (χ0) is 32.8. The van der Waals surface area contributed by atoms with E-state index in [2.05, 4.69) is 74.1 Å². The van der Waals surface area contributed by atoms with Crippen LogP contribution in [0, 0.1) is 6.20 Å². The van der Waals surface area contributed by atoms with Crippen LogP contribution in [0.15, 0.2) is 77.6 Å². The molecular weight excluding hydrogens is 646 g/mol. The molecule has 0 spiro atoms. The van der Waals surface area contributed by atoms with Crippen molar-refractivity contribution in [2.45, 2.75) is 130 Å². The molecule has 6 heteroatoms. The molecule has 5 nitrogen and oxygen atoms in total. The Bertz CT molecular complexity index is 1400. The van der Waals surface area contributed by atoms with Crippen molar-refractivity contribution in [3.63, 3.8) is 0 Å². The molecule has 0 saturated carbocycles. The van der Waals surface area contributed by atoms with Crippen molar-refractivity contribution in [3.8, 4) is 5.75 Å². The number of allylic oxidation sites excluding steroid dienone is 3. The lowest BCUT2D eigenvalue weighted by atomic mass is 9.85. The molecule has 1 amide bonds. The molecule has 0 bridgehead atoms. The number of nitrogens with zero attached hydrogens (tertiary/aromatic N) is 3. The number of halogens is 1. The summed E-state index contributed by atoms with van der Waals surface area (Å²) in [6, 6.07) is 14.7. The summed E-state index contributed by atoms with van der Waals surface area (Å²) in [4.78, 5) is 21.4. The van der Waals surface area contributed by atoms with E-state index >= 15 is 0 Å². The predicted molar refractivity (Wildman–Crippen MR) is 193 cm³/mol. The summed E-state index contributed by atoms with van der Waals surface area (Å²) in [6.45, 7) is 11.9. The molecule has 47 heavy (non-hydrogen) atoms. The molecular formula is C41H56BrN3O2. The van der Waals surface area contributed by atoms with E-state index < -0.39 is 0 Å². The molecule has 0 radical (unpaired) electrons. The topological polar surface area (TPSA) is 45.1 Å². The first kappa shape index (κ1) is 38.2. The van der Waals surface area contributed by atoms with Crippen molar-refractivity contribution in [2.75, 3.05) is 11.5 Å². The molecule has 0 aromatic heterocycles. The molecule has 254 valence electrons. The minimum atomic E-state index is -0.0765. The maximum Gasteiger partial charge on any atom is 0.247 e. The Hall–Kier alpha value is -3.21. The number of hydrogen-bond donors (Lipinski definition) is 0. The van der Waals surface area contributed by atoms with Gasteiger partial charge in [-0.2, -0.15) is 0 Å². The van der Waals surface area contributed by atoms with E-state index in [0.29, 0.717) is 13.0 Å². The van der Waals surface area contributed by atoms with Gasteiger partial charge in [0.15, 0.2) is 6.20 Å². The van der Waals surface area contributed by atoms with E-state index in [-0.39, 0.29) is 28.3 Å². The Labute approximate surface area is 295 Å². The molecule has 0 unspecified atom stereocenters. The first-order valence-corrected chi connectivity index (χ1v) is 17.7. The second kappa shape index (κ2) is 19.6. The maximum atomic E-state index is 12.9. The van der Waals surface area contributed by atoms with Crippen molar-refractivity contribution in [3.05, 3.63) is 95.5 Å². The van der Waals surface area contributed by atoms with Gasteiger partial charge in [-0.05, 0) is 64.9 Å².